The number of halogens is 2. The first-order valence-electron chi connectivity index (χ1n) is 4.38. The standard InChI is InChI=1S/C10H7BrIN3O/c11-9-3-7(1-2-8(9)10(13)16)15-5-6(12)4-14-15/h1-5H,(H2,13,16). The third kappa shape index (κ3) is 2.27. The number of hydrogen-bond donors (Lipinski definition) is 1. The molecule has 1 aromatic heterocycles. The van der Waals surface area contributed by atoms with E-state index in [1.165, 1.54) is 0 Å². The molecule has 1 amide bonds. The molecule has 82 valence electrons. The van der Waals surface area contributed by atoms with Gasteiger partial charge in [-0.05, 0) is 56.7 Å². The highest BCUT2D eigenvalue weighted by Gasteiger charge is 2.07. The highest BCUT2D eigenvalue weighted by Crippen LogP contribution is 2.20. The maximum absolute atomic E-state index is 11.0. The van der Waals surface area contributed by atoms with Crippen LogP contribution in [-0.2, 0) is 0 Å². The zero-order valence-corrected chi connectivity index (χ0v) is 11.8. The van der Waals surface area contributed by atoms with Crippen molar-refractivity contribution in [3.05, 3.63) is 44.2 Å². The van der Waals surface area contributed by atoms with Gasteiger partial charge in [0, 0.05) is 10.7 Å². The van der Waals surface area contributed by atoms with Gasteiger partial charge >= 0.3 is 0 Å². The van der Waals surface area contributed by atoms with E-state index in [2.05, 4.69) is 43.6 Å². The molecule has 4 nitrogen and oxygen atoms in total. The van der Waals surface area contributed by atoms with Crippen molar-refractivity contribution in [2.45, 2.75) is 0 Å². The first-order valence-corrected chi connectivity index (χ1v) is 6.25. The number of carbonyl (C=O) groups excluding carboxylic acids is 1. The van der Waals surface area contributed by atoms with Gasteiger partial charge < -0.3 is 5.73 Å². The molecule has 2 rings (SSSR count). The van der Waals surface area contributed by atoms with Crippen LogP contribution in [0.1, 0.15) is 10.4 Å². The predicted molar refractivity (Wildman–Crippen MR) is 72.5 cm³/mol. The fourth-order valence-electron chi connectivity index (χ4n) is 1.29. The summed E-state index contributed by atoms with van der Waals surface area (Å²) in [6.45, 7) is 0. The van der Waals surface area contributed by atoms with Crippen LogP contribution in [0, 0.1) is 3.57 Å². The maximum Gasteiger partial charge on any atom is 0.249 e. The van der Waals surface area contributed by atoms with Crippen molar-refractivity contribution in [2.24, 2.45) is 5.73 Å². The number of rotatable bonds is 2. The van der Waals surface area contributed by atoms with Crippen molar-refractivity contribution < 1.29 is 4.79 Å². The second-order valence-corrected chi connectivity index (χ2v) is 5.23. The Kier molecular flexibility index (Phi) is 3.29. The van der Waals surface area contributed by atoms with Gasteiger partial charge in [0.05, 0.1) is 21.0 Å². The minimum atomic E-state index is -0.450. The Morgan fingerprint density at radius 1 is 1.50 bits per heavy atom. The minimum Gasteiger partial charge on any atom is -0.366 e. The Labute approximate surface area is 114 Å². The van der Waals surface area contributed by atoms with Crippen LogP contribution in [0.2, 0.25) is 0 Å². The molecule has 0 spiro atoms. The zero-order chi connectivity index (χ0) is 11.7. The van der Waals surface area contributed by atoms with Gasteiger partial charge in [0.1, 0.15) is 0 Å². The normalized spacial score (nSPS) is 10.4. The molecule has 0 aliphatic carbocycles. The molecule has 0 aliphatic rings. The van der Waals surface area contributed by atoms with E-state index >= 15 is 0 Å². The van der Waals surface area contributed by atoms with Crippen LogP contribution in [0.25, 0.3) is 5.69 Å². The van der Waals surface area contributed by atoms with Gasteiger partial charge in [-0.15, -0.1) is 0 Å². The van der Waals surface area contributed by atoms with Crippen molar-refractivity contribution in [2.75, 3.05) is 0 Å². The van der Waals surface area contributed by atoms with E-state index < -0.39 is 5.91 Å². The van der Waals surface area contributed by atoms with Crippen LogP contribution in [0.15, 0.2) is 35.1 Å². The summed E-state index contributed by atoms with van der Waals surface area (Å²) >= 11 is 5.49. The first kappa shape index (κ1) is 11.6. The van der Waals surface area contributed by atoms with Gasteiger partial charge in [0.15, 0.2) is 0 Å². The lowest BCUT2D eigenvalue weighted by atomic mass is 10.2. The van der Waals surface area contributed by atoms with Crippen molar-refractivity contribution in [1.29, 1.82) is 0 Å². The third-order valence-corrected chi connectivity index (χ3v) is 3.25. The summed E-state index contributed by atoms with van der Waals surface area (Å²) in [5.41, 5.74) is 6.55. The van der Waals surface area contributed by atoms with Crippen molar-refractivity contribution in [3.63, 3.8) is 0 Å². The largest absolute Gasteiger partial charge is 0.366 e. The molecule has 0 radical (unpaired) electrons. The van der Waals surface area contributed by atoms with Gasteiger partial charge in [-0.2, -0.15) is 5.10 Å². The van der Waals surface area contributed by atoms with Gasteiger partial charge in [-0.3, -0.25) is 4.79 Å². The molecule has 1 aromatic carbocycles. The molecule has 0 unspecified atom stereocenters. The summed E-state index contributed by atoms with van der Waals surface area (Å²) in [6.07, 6.45) is 3.66. The third-order valence-electron chi connectivity index (χ3n) is 2.03. The summed E-state index contributed by atoms with van der Waals surface area (Å²) in [7, 11) is 0. The lowest BCUT2D eigenvalue weighted by Crippen LogP contribution is -2.11. The van der Waals surface area contributed by atoms with E-state index in [0.29, 0.717) is 10.0 Å². The van der Waals surface area contributed by atoms with E-state index in [9.17, 15) is 4.79 Å². The van der Waals surface area contributed by atoms with Gasteiger partial charge in [-0.25, -0.2) is 4.68 Å². The molecule has 1 heterocycles. The molecule has 0 atom stereocenters. The molecule has 6 heteroatoms. The molecule has 16 heavy (non-hydrogen) atoms. The maximum atomic E-state index is 11.0. The van der Waals surface area contributed by atoms with Crippen LogP contribution in [0.3, 0.4) is 0 Å². The number of carbonyl (C=O) groups is 1. The number of aromatic nitrogens is 2. The molecule has 0 saturated carbocycles. The van der Waals surface area contributed by atoms with Crippen LogP contribution in [0.5, 0.6) is 0 Å². The Bertz CT molecular complexity index is 553. The van der Waals surface area contributed by atoms with E-state index in [0.717, 1.165) is 9.26 Å². The summed E-state index contributed by atoms with van der Waals surface area (Å²) in [6, 6.07) is 5.29. The van der Waals surface area contributed by atoms with E-state index in [-0.39, 0.29) is 0 Å². The van der Waals surface area contributed by atoms with E-state index in [4.69, 9.17) is 5.73 Å². The zero-order valence-electron chi connectivity index (χ0n) is 8.02. The summed E-state index contributed by atoms with van der Waals surface area (Å²) in [5, 5.41) is 4.17. The van der Waals surface area contributed by atoms with Gasteiger partial charge in [0.25, 0.3) is 0 Å². The Balaban J connectivity index is 2.45. The number of benzene rings is 1. The number of primary amides is 1. The molecule has 0 bridgehead atoms. The van der Waals surface area contributed by atoms with E-state index in [1.54, 1.807) is 23.0 Å². The highest BCUT2D eigenvalue weighted by molar-refractivity contribution is 14.1. The summed E-state index contributed by atoms with van der Waals surface area (Å²) in [5.74, 6) is -0.450. The quantitative estimate of drug-likeness (QED) is 0.798. The molecule has 0 saturated heterocycles. The monoisotopic (exact) mass is 391 g/mol. The first-order chi connectivity index (χ1) is 7.58. The Morgan fingerprint density at radius 2 is 2.25 bits per heavy atom. The van der Waals surface area contributed by atoms with Crippen molar-refractivity contribution >= 4 is 44.4 Å². The summed E-state index contributed by atoms with van der Waals surface area (Å²) in [4.78, 5) is 11.0. The average Bonchev–Trinajstić information content (AvgIpc) is 2.64. The van der Waals surface area contributed by atoms with Crippen LogP contribution >= 0.6 is 38.5 Å². The smallest absolute Gasteiger partial charge is 0.249 e. The number of amides is 1. The van der Waals surface area contributed by atoms with Crippen LogP contribution in [0.4, 0.5) is 0 Å². The van der Waals surface area contributed by atoms with Crippen LogP contribution in [-0.4, -0.2) is 15.7 Å². The Hall–Kier alpha value is -0.890. The lowest BCUT2D eigenvalue weighted by Gasteiger charge is -2.04. The summed E-state index contributed by atoms with van der Waals surface area (Å²) < 4.78 is 3.45. The molecular weight excluding hydrogens is 385 g/mol. The fraction of sp³-hybridized carbons (Fsp3) is 0. The molecule has 0 aliphatic heterocycles. The average molecular weight is 392 g/mol. The SMILES string of the molecule is NC(=O)c1ccc(-n2cc(I)cn2)cc1Br. The number of nitrogens with zero attached hydrogens (tertiary/aromatic N) is 2. The highest BCUT2D eigenvalue weighted by atomic mass is 127. The van der Waals surface area contributed by atoms with Crippen molar-refractivity contribution in [1.82, 2.24) is 9.78 Å². The molecule has 2 aromatic rings. The fourth-order valence-corrected chi connectivity index (χ4v) is 2.24. The molecule has 2 N–H and O–H groups in total. The number of hydrogen-bond acceptors (Lipinski definition) is 2. The predicted octanol–water partition coefficient (Wildman–Crippen LogP) is 2.34. The Morgan fingerprint density at radius 3 is 2.75 bits per heavy atom. The van der Waals surface area contributed by atoms with E-state index in [1.807, 2.05) is 12.3 Å². The van der Waals surface area contributed by atoms with Gasteiger partial charge in [-0.1, -0.05) is 0 Å². The van der Waals surface area contributed by atoms with Crippen molar-refractivity contribution in [3.8, 4) is 5.69 Å². The second kappa shape index (κ2) is 4.54. The number of nitrogens with two attached hydrogens (primary N) is 1. The van der Waals surface area contributed by atoms with Gasteiger partial charge in [0.2, 0.25) is 5.91 Å². The second-order valence-electron chi connectivity index (χ2n) is 3.13. The molecule has 0 fully saturated rings. The minimum absolute atomic E-state index is 0.450. The lowest BCUT2D eigenvalue weighted by molar-refractivity contribution is 0.0999. The molecular formula is C10H7BrIN3O. The topological polar surface area (TPSA) is 60.9 Å². The van der Waals surface area contributed by atoms with Crippen LogP contribution < -0.4 is 5.73 Å².